The molecule has 0 aromatic carbocycles. The quantitative estimate of drug-likeness (QED) is 0.865. The van der Waals surface area contributed by atoms with Gasteiger partial charge in [-0.05, 0) is 19.1 Å². The summed E-state index contributed by atoms with van der Waals surface area (Å²) in [5.41, 5.74) is 3.04. The van der Waals surface area contributed by atoms with Crippen LogP contribution in [0.15, 0.2) is 23.8 Å². The van der Waals surface area contributed by atoms with Crippen LogP contribution in [0.4, 0.5) is 0 Å². The summed E-state index contributed by atoms with van der Waals surface area (Å²) in [5.74, 6) is -0.221. The first-order valence-corrected chi connectivity index (χ1v) is 5.60. The molecule has 2 rings (SSSR count). The highest BCUT2D eigenvalue weighted by Gasteiger charge is 2.08. The van der Waals surface area contributed by atoms with Crippen LogP contribution < -0.4 is 5.32 Å². The lowest BCUT2D eigenvalue weighted by atomic mass is 10.3. The zero-order chi connectivity index (χ0) is 11.4. The predicted octanol–water partition coefficient (Wildman–Crippen LogP) is 1.17. The largest absolute Gasteiger partial charge is 0.346 e. The van der Waals surface area contributed by atoms with E-state index in [-0.39, 0.29) is 5.91 Å². The first-order chi connectivity index (χ1) is 7.77. The van der Waals surface area contributed by atoms with Gasteiger partial charge in [-0.3, -0.25) is 4.79 Å². The third-order valence-electron chi connectivity index (χ3n) is 2.06. The number of hydrogen-bond donors (Lipinski definition) is 1. The van der Waals surface area contributed by atoms with Crippen LogP contribution in [-0.4, -0.2) is 21.1 Å². The SMILES string of the molecule is Cc1ncsc1CNC(=O)c1cccnn1. The first-order valence-electron chi connectivity index (χ1n) is 4.72. The van der Waals surface area contributed by atoms with Crippen molar-refractivity contribution in [2.75, 3.05) is 0 Å². The Hall–Kier alpha value is -1.82. The van der Waals surface area contributed by atoms with Gasteiger partial charge in [0.25, 0.3) is 5.91 Å². The van der Waals surface area contributed by atoms with Gasteiger partial charge in [0.15, 0.2) is 5.69 Å². The van der Waals surface area contributed by atoms with Crippen molar-refractivity contribution in [1.29, 1.82) is 0 Å². The average molecular weight is 234 g/mol. The number of carbonyl (C=O) groups excluding carboxylic acids is 1. The molecule has 0 fully saturated rings. The van der Waals surface area contributed by atoms with Crippen LogP contribution >= 0.6 is 11.3 Å². The zero-order valence-electron chi connectivity index (χ0n) is 8.67. The molecular weight excluding hydrogens is 224 g/mol. The van der Waals surface area contributed by atoms with Crippen LogP contribution in [0, 0.1) is 6.92 Å². The van der Waals surface area contributed by atoms with Gasteiger partial charge >= 0.3 is 0 Å². The number of nitrogens with zero attached hydrogens (tertiary/aromatic N) is 3. The number of nitrogens with one attached hydrogen (secondary N) is 1. The van der Waals surface area contributed by atoms with Crippen molar-refractivity contribution < 1.29 is 4.79 Å². The molecule has 0 bridgehead atoms. The summed E-state index contributed by atoms with van der Waals surface area (Å²) >= 11 is 1.52. The molecule has 0 aliphatic rings. The Balaban J connectivity index is 1.97. The van der Waals surface area contributed by atoms with Crippen LogP contribution in [0.5, 0.6) is 0 Å². The van der Waals surface area contributed by atoms with Crippen molar-refractivity contribution >= 4 is 17.2 Å². The summed E-state index contributed by atoms with van der Waals surface area (Å²) in [6.45, 7) is 2.40. The third-order valence-corrected chi connectivity index (χ3v) is 2.99. The molecule has 0 radical (unpaired) electrons. The van der Waals surface area contributed by atoms with Crippen molar-refractivity contribution in [1.82, 2.24) is 20.5 Å². The Kier molecular flexibility index (Phi) is 3.21. The molecule has 0 aliphatic carbocycles. The lowest BCUT2D eigenvalue weighted by Gasteiger charge is -2.02. The molecule has 2 aromatic rings. The number of carbonyl (C=O) groups is 1. The minimum absolute atomic E-state index is 0.221. The maximum absolute atomic E-state index is 11.6. The van der Waals surface area contributed by atoms with Gasteiger partial charge in [0.05, 0.1) is 17.7 Å². The van der Waals surface area contributed by atoms with E-state index in [0.29, 0.717) is 12.2 Å². The van der Waals surface area contributed by atoms with E-state index in [1.54, 1.807) is 17.6 Å². The second-order valence-corrected chi connectivity index (χ2v) is 4.09. The van der Waals surface area contributed by atoms with E-state index in [2.05, 4.69) is 20.5 Å². The molecule has 5 nitrogen and oxygen atoms in total. The zero-order valence-corrected chi connectivity index (χ0v) is 9.49. The van der Waals surface area contributed by atoms with Crippen molar-refractivity contribution in [3.8, 4) is 0 Å². The van der Waals surface area contributed by atoms with Crippen LogP contribution in [0.25, 0.3) is 0 Å². The van der Waals surface area contributed by atoms with E-state index in [0.717, 1.165) is 10.6 Å². The van der Waals surface area contributed by atoms with Gasteiger partial charge in [-0.2, -0.15) is 5.10 Å². The highest BCUT2D eigenvalue weighted by molar-refractivity contribution is 7.09. The normalized spacial score (nSPS) is 10.1. The van der Waals surface area contributed by atoms with Crippen molar-refractivity contribution in [3.05, 3.63) is 40.1 Å². The van der Waals surface area contributed by atoms with Gasteiger partial charge in [-0.1, -0.05) is 0 Å². The number of hydrogen-bond acceptors (Lipinski definition) is 5. The molecule has 16 heavy (non-hydrogen) atoms. The summed E-state index contributed by atoms with van der Waals surface area (Å²) < 4.78 is 0. The Morgan fingerprint density at radius 3 is 3.06 bits per heavy atom. The van der Waals surface area contributed by atoms with Crippen molar-refractivity contribution in [2.45, 2.75) is 13.5 Å². The second-order valence-electron chi connectivity index (χ2n) is 3.15. The summed E-state index contributed by atoms with van der Waals surface area (Å²) in [5, 5.41) is 10.1. The third kappa shape index (κ3) is 2.40. The van der Waals surface area contributed by atoms with Gasteiger partial charge in [-0.15, -0.1) is 16.4 Å². The Morgan fingerprint density at radius 1 is 1.56 bits per heavy atom. The molecule has 1 N–H and O–H groups in total. The van der Waals surface area contributed by atoms with Crippen LogP contribution in [-0.2, 0) is 6.54 Å². The van der Waals surface area contributed by atoms with Crippen LogP contribution in [0.1, 0.15) is 21.1 Å². The highest BCUT2D eigenvalue weighted by Crippen LogP contribution is 2.11. The Labute approximate surface area is 96.6 Å². The molecule has 82 valence electrons. The molecule has 1 amide bonds. The molecule has 0 aliphatic heterocycles. The summed E-state index contributed by atoms with van der Waals surface area (Å²) in [6.07, 6.45) is 1.53. The van der Waals surface area contributed by atoms with Gasteiger partial charge in [0.1, 0.15) is 0 Å². The van der Waals surface area contributed by atoms with Crippen molar-refractivity contribution in [2.24, 2.45) is 0 Å². The molecule has 2 aromatic heterocycles. The molecule has 0 saturated carbocycles. The minimum atomic E-state index is -0.221. The smallest absolute Gasteiger partial charge is 0.272 e. The lowest BCUT2D eigenvalue weighted by Crippen LogP contribution is -2.23. The molecule has 0 atom stereocenters. The molecule has 6 heteroatoms. The molecule has 0 saturated heterocycles. The number of amides is 1. The fourth-order valence-corrected chi connectivity index (χ4v) is 1.89. The standard InChI is InChI=1S/C10H10N4OS/c1-7-9(16-6-12-7)5-11-10(15)8-3-2-4-13-14-8/h2-4,6H,5H2,1H3,(H,11,15). The van der Waals surface area contributed by atoms with E-state index in [9.17, 15) is 4.79 Å². The van der Waals surface area contributed by atoms with Crippen molar-refractivity contribution in [3.63, 3.8) is 0 Å². The second kappa shape index (κ2) is 4.80. The Morgan fingerprint density at radius 2 is 2.44 bits per heavy atom. The monoisotopic (exact) mass is 234 g/mol. The summed E-state index contributed by atoms with van der Waals surface area (Å²) in [4.78, 5) is 16.8. The maximum atomic E-state index is 11.6. The number of aryl methyl sites for hydroxylation is 1. The minimum Gasteiger partial charge on any atom is -0.346 e. The van der Waals surface area contributed by atoms with Crippen LogP contribution in [0.3, 0.4) is 0 Å². The van der Waals surface area contributed by atoms with E-state index in [4.69, 9.17) is 0 Å². The number of aromatic nitrogens is 3. The Bertz CT molecular complexity index is 483. The molecular formula is C10H10N4OS. The number of rotatable bonds is 3. The van der Waals surface area contributed by atoms with Gasteiger partial charge in [0.2, 0.25) is 0 Å². The van der Waals surface area contributed by atoms with E-state index < -0.39 is 0 Å². The number of thiazole rings is 1. The average Bonchev–Trinajstić information content (AvgIpc) is 2.73. The predicted molar refractivity (Wildman–Crippen MR) is 60.1 cm³/mol. The van der Waals surface area contributed by atoms with Gasteiger partial charge < -0.3 is 5.32 Å². The first kappa shape index (κ1) is 10.7. The van der Waals surface area contributed by atoms with E-state index in [1.165, 1.54) is 17.5 Å². The van der Waals surface area contributed by atoms with Gasteiger partial charge in [0, 0.05) is 11.1 Å². The topological polar surface area (TPSA) is 67.8 Å². The van der Waals surface area contributed by atoms with E-state index in [1.807, 2.05) is 6.92 Å². The molecule has 0 spiro atoms. The van der Waals surface area contributed by atoms with Gasteiger partial charge in [-0.25, -0.2) is 4.98 Å². The molecule has 0 unspecified atom stereocenters. The fourth-order valence-electron chi connectivity index (χ4n) is 1.17. The maximum Gasteiger partial charge on any atom is 0.272 e. The fraction of sp³-hybridized carbons (Fsp3) is 0.200. The highest BCUT2D eigenvalue weighted by atomic mass is 32.1. The lowest BCUT2D eigenvalue weighted by molar-refractivity contribution is 0.0945. The summed E-state index contributed by atoms with van der Waals surface area (Å²) in [6, 6.07) is 3.31. The molecule has 2 heterocycles. The summed E-state index contributed by atoms with van der Waals surface area (Å²) in [7, 11) is 0. The van der Waals surface area contributed by atoms with E-state index >= 15 is 0 Å². The van der Waals surface area contributed by atoms with Crippen LogP contribution in [0.2, 0.25) is 0 Å².